The number of alkyl halides is 1. The molecule has 0 saturated carbocycles. The molecule has 0 atom stereocenters. The third-order valence-corrected chi connectivity index (χ3v) is 3.01. The zero-order valence-corrected chi connectivity index (χ0v) is 11.6. The van der Waals surface area contributed by atoms with Gasteiger partial charge in [0.15, 0.2) is 0 Å². The molecule has 0 radical (unpaired) electrons. The predicted octanol–water partition coefficient (Wildman–Crippen LogP) is 2.58. The Morgan fingerprint density at radius 3 is 2.84 bits per heavy atom. The van der Waals surface area contributed by atoms with E-state index in [2.05, 4.69) is 5.10 Å². The van der Waals surface area contributed by atoms with Gasteiger partial charge in [-0.3, -0.25) is 4.79 Å². The van der Waals surface area contributed by atoms with Crippen LogP contribution in [0.25, 0.3) is 11.3 Å². The molecule has 0 aliphatic heterocycles. The molecular formula is C14H15ClN2O2. The van der Waals surface area contributed by atoms with E-state index in [0.717, 1.165) is 11.3 Å². The largest absolute Gasteiger partial charge is 0.494 e. The Balaban J connectivity index is 2.49. The van der Waals surface area contributed by atoms with E-state index in [0.29, 0.717) is 17.9 Å². The van der Waals surface area contributed by atoms with E-state index < -0.39 is 0 Å². The molecule has 0 amide bonds. The van der Waals surface area contributed by atoms with Crippen molar-refractivity contribution in [1.82, 2.24) is 9.78 Å². The van der Waals surface area contributed by atoms with Crippen LogP contribution in [-0.4, -0.2) is 16.4 Å². The Labute approximate surface area is 116 Å². The molecule has 1 heterocycles. The summed E-state index contributed by atoms with van der Waals surface area (Å²) in [6, 6.07) is 9.33. The van der Waals surface area contributed by atoms with Gasteiger partial charge in [0.05, 0.1) is 18.2 Å². The molecule has 0 aliphatic carbocycles. The van der Waals surface area contributed by atoms with Gasteiger partial charge in [-0.05, 0) is 25.1 Å². The standard InChI is InChI=1S/C14H15ClN2O2/c1-3-19-12-6-4-5-10(7-12)13-8-11(9-15)14(18)17(2)16-13/h4-8H,3,9H2,1-2H3. The van der Waals surface area contributed by atoms with Crippen LogP contribution in [-0.2, 0) is 12.9 Å². The van der Waals surface area contributed by atoms with Gasteiger partial charge < -0.3 is 4.74 Å². The molecule has 0 unspecified atom stereocenters. The van der Waals surface area contributed by atoms with Gasteiger partial charge in [0, 0.05) is 18.2 Å². The number of hydrogen-bond acceptors (Lipinski definition) is 3. The minimum atomic E-state index is -0.167. The van der Waals surface area contributed by atoms with Crippen molar-refractivity contribution in [1.29, 1.82) is 0 Å². The highest BCUT2D eigenvalue weighted by atomic mass is 35.5. The maximum atomic E-state index is 11.7. The Kier molecular flexibility index (Phi) is 4.22. The molecule has 100 valence electrons. The fraction of sp³-hybridized carbons (Fsp3) is 0.286. The Hall–Kier alpha value is -1.81. The summed E-state index contributed by atoms with van der Waals surface area (Å²) in [7, 11) is 1.62. The number of ether oxygens (including phenoxy) is 1. The lowest BCUT2D eigenvalue weighted by Gasteiger charge is -2.08. The SMILES string of the molecule is CCOc1cccc(-c2cc(CCl)c(=O)n(C)n2)c1. The Morgan fingerprint density at radius 2 is 2.16 bits per heavy atom. The van der Waals surface area contributed by atoms with Crippen LogP contribution in [0.1, 0.15) is 12.5 Å². The number of hydrogen-bond donors (Lipinski definition) is 0. The lowest BCUT2D eigenvalue weighted by atomic mass is 10.1. The van der Waals surface area contributed by atoms with Gasteiger partial charge in [0.1, 0.15) is 5.75 Å². The zero-order valence-electron chi connectivity index (χ0n) is 10.9. The van der Waals surface area contributed by atoms with Crippen LogP contribution in [0, 0.1) is 0 Å². The lowest BCUT2D eigenvalue weighted by molar-refractivity contribution is 0.340. The van der Waals surface area contributed by atoms with Crippen LogP contribution in [0.2, 0.25) is 0 Å². The predicted molar refractivity (Wildman–Crippen MR) is 75.6 cm³/mol. The summed E-state index contributed by atoms with van der Waals surface area (Å²) in [5.74, 6) is 0.955. The van der Waals surface area contributed by atoms with Gasteiger partial charge in [0.25, 0.3) is 5.56 Å². The minimum Gasteiger partial charge on any atom is -0.494 e. The van der Waals surface area contributed by atoms with Crippen molar-refractivity contribution >= 4 is 11.6 Å². The van der Waals surface area contributed by atoms with Crippen molar-refractivity contribution in [3.05, 3.63) is 46.2 Å². The average molecular weight is 279 g/mol. The highest BCUT2D eigenvalue weighted by molar-refractivity contribution is 6.17. The third-order valence-electron chi connectivity index (χ3n) is 2.72. The van der Waals surface area contributed by atoms with Crippen molar-refractivity contribution in [2.24, 2.45) is 7.05 Å². The number of aromatic nitrogens is 2. The van der Waals surface area contributed by atoms with Crippen molar-refractivity contribution in [3.63, 3.8) is 0 Å². The molecular weight excluding hydrogens is 264 g/mol. The molecule has 4 nitrogen and oxygen atoms in total. The molecule has 1 aromatic heterocycles. The number of aryl methyl sites for hydroxylation is 1. The van der Waals surface area contributed by atoms with Crippen LogP contribution in [0.4, 0.5) is 0 Å². The summed E-state index contributed by atoms with van der Waals surface area (Å²) in [5.41, 5.74) is 1.97. The van der Waals surface area contributed by atoms with Gasteiger partial charge in [-0.15, -0.1) is 11.6 Å². The smallest absolute Gasteiger partial charge is 0.270 e. The molecule has 5 heteroatoms. The third kappa shape index (κ3) is 2.96. The van der Waals surface area contributed by atoms with E-state index in [1.54, 1.807) is 13.1 Å². The van der Waals surface area contributed by atoms with Gasteiger partial charge in [-0.1, -0.05) is 12.1 Å². The summed E-state index contributed by atoms with van der Waals surface area (Å²) in [6.45, 7) is 2.54. The molecule has 0 aliphatic rings. The molecule has 0 bridgehead atoms. The molecule has 0 fully saturated rings. The second-order valence-corrected chi connectivity index (χ2v) is 4.35. The zero-order chi connectivity index (χ0) is 13.8. The number of benzene rings is 1. The maximum absolute atomic E-state index is 11.7. The normalized spacial score (nSPS) is 10.5. The molecule has 0 N–H and O–H groups in total. The van der Waals surface area contributed by atoms with Gasteiger partial charge in [0.2, 0.25) is 0 Å². The fourth-order valence-corrected chi connectivity index (χ4v) is 2.01. The van der Waals surface area contributed by atoms with Crippen LogP contribution in [0.5, 0.6) is 5.75 Å². The van der Waals surface area contributed by atoms with Crippen LogP contribution in [0.15, 0.2) is 35.1 Å². The summed E-state index contributed by atoms with van der Waals surface area (Å²) < 4.78 is 6.76. The first-order valence-electron chi connectivity index (χ1n) is 6.02. The lowest BCUT2D eigenvalue weighted by Crippen LogP contribution is -2.23. The van der Waals surface area contributed by atoms with Gasteiger partial charge >= 0.3 is 0 Å². The monoisotopic (exact) mass is 278 g/mol. The summed E-state index contributed by atoms with van der Waals surface area (Å²) in [4.78, 5) is 11.7. The summed E-state index contributed by atoms with van der Waals surface area (Å²) in [5, 5.41) is 4.24. The first-order valence-corrected chi connectivity index (χ1v) is 6.55. The molecule has 0 spiro atoms. The summed E-state index contributed by atoms with van der Waals surface area (Å²) >= 11 is 5.78. The number of halogens is 1. The summed E-state index contributed by atoms with van der Waals surface area (Å²) in [6.07, 6.45) is 0. The van der Waals surface area contributed by atoms with Crippen LogP contribution >= 0.6 is 11.6 Å². The highest BCUT2D eigenvalue weighted by Crippen LogP contribution is 2.22. The first-order chi connectivity index (χ1) is 9.15. The van der Waals surface area contributed by atoms with Crippen molar-refractivity contribution in [3.8, 4) is 17.0 Å². The average Bonchev–Trinajstić information content (AvgIpc) is 2.42. The molecule has 1 aromatic carbocycles. The first kappa shape index (κ1) is 13.6. The maximum Gasteiger partial charge on any atom is 0.270 e. The van der Waals surface area contributed by atoms with Crippen molar-refractivity contribution in [2.45, 2.75) is 12.8 Å². The van der Waals surface area contributed by atoms with E-state index in [1.165, 1.54) is 4.68 Å². The quantitative estimate of drug-likeness (QED) is 0.808. The molecule has 2 aromatic rings. The topological polar surface area (TPSA) is 44.1 Å². The highest BCUT2D eigenvalue weighted by Gasteiger charge is 2.08. The van der Waals surface area contributed by atoms with E-state index >= 15 is 0 Å². The number of rotatable bonds is 4. The van der Waals surface area contributed by atoms with Gasteiger partial charge in [-0.2, -0.15) is 5.10 Å². The Bertz CT molecular complexity index is 638. The minimum absolute atomic E-state index is 0.167. The second kappa shape index (κ2) is 5.89. The van der Waals surface area contributed by atoms with Crippen LogP contribution in [0.3, 0.4) is 0 Å². The number of nitrogens with zero attached hydrogens (tertiary/aromatic N) is 2. The van der Waals surface area contributed by atoms with Crippen molar-refractivity contribution < 1.29 is 4.74 Å². The van der Waals surface area contributed by atoms with E-state index in [1.807, 2.05) is 31.2 Å². The molecule has 0 saturated heterocycles. The van der Waals surface area contributed by atoms with Crippen molar-refractivity contribution in [2.75, 3.05) is 6.61 Å². The van der Waals surface area contributed by atoms with Crippen LogP contribution < -0.4 is 10.3 Å². The molecule has 19 heavy (non-hydrogen) atoms. The van der Waals surface area contributed by atoms with E-state index in [9.17, 15) is 4.79 Å². The molecule has 2 rings (SSSR count). The Morgan fingerprint density at radius 1 is 1.37 bits per heavy atom. The van der Waals surface area contributed by atoms with E-state index in [-0.39, 0.29) is 11.4 Å². The fourth-order valence-electron chi connectivity index (χ4n) is 1.82. The van der Waals surface area contributed by atoms with E-state index in [4.69, 9.17) is 16.3 Å². The second-order valence-electron chi connectivity index (χ2n) is 4.08. The van der Waals surface area contributed by atoms with Gasteiger partial charge in [-0.25, -0.2) is 4.68 Å².